The van der Waals surface area contributed by atoms with E-state index in [1.165, 1.54) is 6.92 Å². The largest absolute Gasteiger partial charge is 0.408 e. The third-order valence-corrected chi connectivity index (χ3v) is 1.51. The summed E-state index contributed by atoms with van der Waals surface area (Å²) in [5.41, 5.74) is 5.25. The predicted molar refractivity (Wildman–Crippen MR) is 42.7 cm³/mol. The number of halogens is 3. The molecule has 78 valence electrons. The third-order valence-electron chi connectivity index (χ3n) is 1.51. The van der Waals surface area contributed by atoms with Crippen LogP contribution in [0.4, 0.5) is 19.0 Å². The van der Waals surface area contributed by atoms with Gasteiger partial charge in [-0.2, -0.15) is 18.3 Å². The molecule has 1 heterocycles. The van der Waals surface area contributed by atoms with Crippen LogP contribution in [0.1, 0.15) is 17.3 Å². The molecule has 0 spiro atoms. The number of anilines is 1. The number of carbonyl (C=O) groups is 1. The summed E-state index contributed by atoms with van der Waals surface area (Å²) in [5.74, 6) is -0.585. The van der Waals surface area contributed by atoms with E-state index in [-0.39, 0.29) is 11.4 Å². The van der Waals surface area contributed by atoms with Crippen molar-refractivity contribution in [1.82, 2.24) is 9.78 Å². The fraction of sp³-hybridized carbons (Fsp3) is 0.429. The van der Waals surface area contributed by atoms with Gasteiger partial charge in [0, 0.05) is 6.20 Å². The molecule has 0 bridgehead atoms. The van der Waals surface area contributed by atoms with E-state index in [9.17, 15) is 18.0 Å². The molecule has 1 aromatic heterocycles. The number of aromatic nitrogens is 2. The molecule has 0 aromatic carbocycles. The van der Waals surface area contributed by atoms with Crippen LogP contribution in [0.5, 0.6) is 0 Å². The van der Waals surface area contributed by atoms with E-state index in [1.54, 1.807) is 0 Å². The Bertz CT molecular complexity index is 356. The Kier molecular flexibility index (Phi) is 2.50. The number of nitrogen functional groups attached to an aromatic ring is 1. The normalized spacial score (nSPS) is 11.7. The standard InChI is InChI=1S/C7H8F3N3O/c1-4(14)5-2-13(12-6(5)11)3-7(8,9)10/h2H,3H2,1H3,(H2,11,12). The second-order valence-corrected chi connectivity index (χ2v) is 2.80. The van der Waals surface area contributed by atoms with E-state index in [0.29, 0.717) is 4.68 Å². The highest BCUT2D eigenvalue weighted by Crippen LogP contribution is 2.18. The summed E-state index contributed by atoms with van der Waals surface area (Å²) in [4.78, 5) is 10.8. The van der Waals surface area contributed by atoms with Crippen molar-refractivity contribution in [2.75, 3.05) is 5.73 Å². The lowest BCUT2D eigenvalue weighted by molar-refractivity contribution is -0.142. The lowest BCUT2D eigenvalue weighted by Gasteiger charge is -2.04. The molecule has 14 heavy (non-hydrogen) atoms. The maximum absolute atomic E-state index is 11.9. The molecule has 1 rings (SSSR count). The first-order chi connectivity index (χ1) is 6.29. The maximum atomic E-state index is 11.9. The Morgan fingerprint density at radius 2 is 2.21 bits per heavy atom. The third kappa shape index (κ3) is 2.48. The molecule has 0 aliphatic carbocycles. The van der Waals surface area contributed by atoms with Crippen molar-refractivity contribution >= 4 is 11.6 Å². The van der Waals surface area contributed by atoms with Crippen molar-refractivity contribution in [3.8, 4) is 0 Å². The molecule has 0 saturated heterocycles. The Morgan fingerprint density at radius 3 is 2.57 bits per heavy atom. The highest BCUT2D eigenvalue weighted by Gasteiger charge is 2.29. The van der Waals surface area contributed by atoms with Gasteiger partial charge in [0.05, 0.1) is 5.56 Å². The number of rotatable bonds is 2. The average molecular weight is 207 g/mol. The van der Waals surface area contributed by atoms with Crippen LogP contribution in [0.15, 0.2) is 6.20 Å². The fourth-order valence-electron chi connectivity index (χ4n) is 0.972. The monoisotopic (exact) mass is 207 g/mol. The van der Waals surface area contributed by atoms with E-state index in [1.807, 2.05) is 0 Å². The Hall–Kier alpha value is -1.53. The zero-order valence-corrected chi connectivity index (χ0v) is 7.30. The van der Waals surface area contributed by atoms with Crippen molar-refractivity contribution < 1.29 is 18.0 Å². The Morgan fingerprint density at radius 1 is 1.64 bits per heavy atom. The summed E-state index contributed by atoms with van der Waals surface area (Å²) in [7, 11) is 0. The first-order valence-corrected chi connectivity index (χ1v) is 3.70. The van der Waals surface area contributed by atoms with Gasteiger partial charge in [-0.25, -0.2) is 0 Å². The van der Waals surface area contributed by atoms with E-state index in [4.69, 9.17) is 5.73 Å². The van der Waals surface area contributed by atoms with Crippen LogP contribution in [0.3, 0.4) is 0 Å². The number of nitrogens with two attached hydrogens (primary N) is 1. The molecule has 0 amide bonds. The van der Waals surface area contributed by atoms with Crippen LogP contribution in [-0.4, -0.2) is 21.7 Å². The minimum atomic E-state index is -4.37. The van der Waals surface area contributed by atoms with E-state index in [2.05, 4.69) is 5.10 Å². The number of hydrogen-bond donors (Lipinski definition) is 1. The van der Waals surface area contributed by atoms with Gasteiger partial charge in [0.1, 0.15) is 6.54 Å². The number of carbonyl (C=O) groups excluding carboxylic acids is 1. The second-order valence-electron chi connectivity index (χ2n) is 2.80. The highest BCUT2D eigenvalue weighted by molar-refractivity contribution is 5.97. The number of ketones is 1. The van der Waals surface area contributed by atoms with Gasteiger partial charge in [0.15, 0.2) is 11.6 Å². The van der Waals surface area contributed by atoms with Gasteiger partial charge in [-0.1, -0.05) is 0 Å². The minimum absolute atomic E-state index is 0.00856. The summed E-state index contributed by atoms with van der Waals surface area (Å²) >= 11 is 0. The smallest absolute Gasteiger partial charge is 0.382 e. The van der Waals surface area contributed by atoms with Crippen LogP contribution in [0.2, 0.25) is 0 Å². The lowest BCUT2D eigenvalue weighted by Crippen LogP contribution is -2.18. The average Bonchev–Trinajstić information content (AvgIpc) is 2.26. The van der Waals surface area contributed by atoms with Crippen LogP contribution >= 0.6 is 0 Å². The van der Waals surface area contributed by atoms with E-state index in [0.717, 1.165) is 6.20 Å². The Balaban J connectivity index is 2.92. The summed E-state index contributed by atoms with van der Waals surface area (Å²) in [5, 5.41) is 3.37. The molecule has 4 nitrogen and oxygen atoms in total. The molecule has 0 aliphatic rings. The van der Waals surface area contributed by atoms with Gasteiger partial charge < -0.3 is 5.73 Å². The number of alkyl halides is 3. The lowest BCUT2D eigenvalue weighted by atomic mass is 10.2. The first-order valence-electron chi connectivity index (χ1n) is 3.70. The van der Waals surface area contributed by atoms with E-state index < -0.39 is 18.5 Å². The van der Waals surface area contributed by atoms with Crippen molar-refractivity contribution in [2.45, 2.75) is 19.6 Å². The SMILES string of the molecule is CC(=O)c1cn(CC(F)(F)F)nc1N. The van der Waals surface area contributed by atoms with Crippen LogP contribution in [0, 0.1) is 0 Å². The maximum Gasteiger partial charge on any atom is 0.408 e. The van der Waals surface area contributed by atoms with Gasteiger partial charge in [0.25, 0.3) is 0 Å². The quantitative estimate of drug-likeness (QED) is 0.742. The molecule has 2 N–H and O–H groups in total. The molecule has 1 aromatic rings. The summed E-state index contributed by atoms with van der Waals surface area (Å²) < 4.78 is 36.3. The summed E-state index contributed by atoms with van der Waals surface area (Å²) in [6.07, 6.45) is -3.38. The first kappa shape index (κ1) is 10.6. The zero-order chi connectivity index (χ0) is 10.9. The van der Waals surface area contributed by atoms with Gasteiger partial charge >= 0.3 is 6.18 Å². The topological polar surface area (TPSA) is 60.9 Å². The molecule has 7 heteroatoms. The van der Waals surface area contributed by atoms with Crippen molar-refractivity contribution in [3.05, 3.63) is 11.8 Å². The molecule has 0 fully saturated rings. The zero-order valence-electron chi connectivity index (χ0n) is 7.30. The molecular formula is C7H8F3N3O. The molecule has 0 saturated carbocycles. The molecular weight excluding hydrogens is 199 g/mol. The van der Waals surface area contributed by atoms with Crippen LogP contribution < -0.4 is 5.73 Å². The van der Waals surface area contributed by atoms with Gasteiger partial charge in [-0.05, 0) is 6.92 Å². The number of Topliss-reactive ketones (excluding diaryl/α,β-unsaturated/α-hetero) is 1. The van der Waals surface area contributed by atoms with Gasteiger partial charge in [-0.3, -0.25) is 9.48 Å². The van der Waals surface area contributed by atoms with Crippen LogP contribution in [0.25, 0.3) is 0 Å². The van der Waals surface area contributed by atoms with Gasteiger partial charge in [0.2, 0.25) is 0 Å². The second kappa shape index (κ2) is 3.32. The molecule has 0 radical (unpaired) electrons. The summed E-state index contributed by atoms with van der Waals surface area (Å²) in [6.45, 7) is -0.0320. The Labute approximate surface area is 77.5 Å². The van der Waals surface area contributed by atoms with Crippen LogP contribution in [-0.2, 0) is 6.54 Å². The summed E-state index contributed by atoms with van der Waals surface area (Å²) in [6, 6.07) is 0. The van der Waals surface area contributed by atoms with E-state index >= 15 is 0 Å². The predicted octanol–water partition coefficient (Wildman–Crippen LogP) is 1.23. The fourth-order valence-corrected chi connectivity index (χ4v) is 0.972. The molecule has 0 unspecified atom stereocenters. The number of nitrogens with zero attached hydrogens (tertiary/aromatic N) is 2. The minimum Gasteiger partial charge on any atom is -0.382 e. The van der Waals surface area contributed by atoms with Crippen molar-refractivity contribution in [1.29, 1.82) is 0 Å². The van der Waals surface area contributed by atoms with Crippen molar-refractivity contribution in [3.63, 3.8) is 0 Å². The highest BCUT2D eigenvalue weighted by atomic mass is 19.4. The molecule has 0 aliphatic heterocycles. The van der Waals surface area contributed by atoms with Gasteiger partial charge in [-0.15, -0.1) is 0 Å². The van der Waals surface area contributed by atoms with Crippen molar-refractivity contribution in [2.24, 2.45) is 0 Å². The molecule has 0 atom stereocenters. The number of hydrogen-bond acceptors (Lipinski definition) is 3.